The van der Waals surface area contributed by atoms with E-state index in [0.29, 0.717) is 11.3 Å². The molecule has 2 nitrogen and oxygen atoms in total. The maximum absolute atomic E-state index is 6.07. The molecule has 18 heavy (non-hydrogen) atoms. The zero-order valence-electron chi connectivity index (χ0n) is 10.6. The quantitative estimate of drug-likeness (QED) is 0.759. The predicted molar refractivity (Wildman–Crippen MR) is 79.2 cm³/mol. The van der Waals surface area contributed by atoms with Crippen molar-refractivity contribution in [3.8, 4) is 0 Å². The maximum Gasteiger partial charge on any atom is 0.110 e. The molecule has 1 fully saturated rings. The highest BCUT2D eigenvalue weighted by Gasteiger charge is 2.37. The van der Waals surface area contributed by atoms with Crippen LogP contribution in [0.1, 0.15) is 44.9 Å². The summed E-state index contributed by atoms with van der Waals surface area (Å²) in [6, 6.07) is 3.84. The number of aromatic amines is 1. The minimum Gasteiger partial charge on any atom is -0.342 e. The first-order valence-electron chi connectivity index (χ1n) is 6.32. The molecule has 1 saturated carbocycles. The SMILES string of the molecule is CC1(C)CCCC1c1nc2c(Br)cc(Cl)cc2[nH]1. The van der Waals surface area contributed by atoms with Crippen LogP contribution in [-0.2, 0) is 0 Å². The van der Waals surface area contributed by atoms with E-state index >= 15 is 0 Å². The topological polar surface area (TPSA) is 28.7 Å². The van der Waals surface area contributed by atoms with Crippen LogP contribution in [0.2, 0.25) is 5.02 Å². The number of H-pyrrole nitrogens is 1. The summed E-state index contributed by atoms with van der Waals surface area (Å²) in [4.78, 5) is 8.22. The van der Waals surface area contributed by atoms with E-state index in [9.17, 15) is 0 Å². The summed E-state index contributed by atoms with van der Waals surface area (Å²) in [5.41, 5.74) is 2.34. The molecule has 1 aliphatic rings. The molecule has 0 saturated heterocycles. The lowest BCUT2D eigenvalue weighted by atomic mass is 9.81. The van der Waals surface area contributed by atoms with E-state index in [4.69, 9.17) is 16.6 Å². The molecule has 1 unspecified atom stereocenters. The molecule has 4 heteroatoms. The molecule has 0 spiro atoms. The number of imidazole rings is 1. The Hall–Kier alpha value is -0.540. The Morgan fingerprint density at radius 3 is 2.89 bits per heavy atom. The Kier molecular flexibility index (Phi) is 2.94. The summed E-state index contributed by atoms with van der Waals surface area (Å²) in [5, 5.41) is 0.732. The van der Waals surface area contributed by atoms with Gasteiger partial charge in [-0.15, -0.1) is 0 Å². The average molecular weight is 328 g/mol. The number of nitrogens with zero attached hydrogens (tertiary/aromatic N) is 1. The normalized spacial score (nSPS) is 22.8. The molecule has 1 aliphatic carbocycles. The van der Waals surface area contributed by atoms with Crippen molar-refractivity contribution in [3.05, 3.63) is 27.5 Å². The van der Waals surface area contributed by atoms with Crippen molar-refractivity contribution < 1.29 is 0 Å². The molecule has 2 aromatic rings. The van der Waals surface area contributed by atoms with Gasteiger partial charge in [0.15, 0.2) is 0 Å². The first-order chi connectivity index (χ1) is 8.47. The summed E-state index contributed by atoms with van der Waals surface area (Å²) < 4.78 is 0.961. The average Bonchev–Trinajstić information content (AvgIpc) is 2.80. The molecule has 0 amide bonds. The van der Waals surface area contributed by atoms with E-state index in [1.807, 2.05) is 12.1 Å². The van der Waals surface area contributed by atoms with Crippen LogP contribution < -0.4 is 0 Å². The molecule has 0 bridgehead atoms. The molecule has 1 heterocycles. The van der Waals surface area contributed by atoms with Gasteiger partial charge in [0.25, 0.3) is 0 Å². The van der Waals surface area contributed by atoms with Crippen LogP contribution in [0.3, 0.4) is 0 Å². The number of nitrogens with one attached hydrogen (secondary N) is 1. The van der Waals surface area contributed by atoms with Gasteiger partial charge < -0.3 is 4.98 Å². The van der Waals surface area contributed by atoms with Crippen molar-refractivity contribution in [1.29, 1.82) is 0 Å². The van der Waals surface area contributed by atoms with Gasteiger partial charge in [-0.05, 0) is 46.3 Å². The second-order valence-corrected chi connectivity index (χ2v) is 7.13. The first kappa shape index (κ1) is 12.5. The van der Waals surface area contributed by atoms with Crippen LogP contribution in [0.15, 0.2) is 16.6 Å². The van der Waals surface area contributed by atoms with Crippen molar-refractivity contribution in [2.45, 2.75) is 39.0 Å². The number of fused-ring (bicyclic) bond motifs is 1. The smallest absolute Gasteiger partial charge is 0.110 e. The lowest BCUT2D eigenvalue weighted by Gasteiger charge is -2.24. The van der Waals surface area contributed by atoms with Crippen molar-refractivity contribution >= 4 is 38.6 Å². The van der Waals surface area contributed by atoms with Crippen LogP contribution in [0.25, 0.3) is 11.0 Å². The monoisotopic (exact) mass is 326 g/mol. The number of hydrogen-bond acceptors (Lipinski definition) is 1. The maximum atomic E-state index is 6.07. The van der Waals surface area contributed by atoms with Gasteiger partial charge in [0.1, 0.15) is 11.3 Å². The Morgan fingerprint density at radius 1 is 1.44 bits per heavy atom. The molecule has 0 aliphatic heterocycles. The van der Waals surface area contributed by atoms with Crippen LogP contribution >= 0.6 is 27.5 Å². The highest BCUT2D eigenvalue weighted by Crippen LogP contribution is 2.48. The molecule has 3 rings (SSSR count). The number of rotatable bonds is 1. The zero-order chi connectivity index (χ0) is 12.9. The molecule has 1 aromatic heterocycles. The fourth-order valence-corrected chi connectivity index (χ4v) is 3.96. The third-order valence-electron chi connectivity index (χ3n) is 4.11. The summed E-state index contributed by atoms with van der Waals surface area (Å²) in [6.45, 7) is 4.67. The zero-order valence-corrected chi connectivity index (χ0v) is 12.9. The third kappa shape index (κ3) is 1.97. The number of aromatic nitrogens is 2. The molecule has 1 atom stereocenters. The fourth-order valence-electron chi connectivity index (χ4n) is 3.06. The van der Waals surface area contributed by atoms with Gasteiger partial charge in [0.05, 0.1) is 5.52 Å². The first-order valence-corrected chi connectivity index (χ1v) is 7.49. The Labute approximate surface area is 120 Å². The van der Waals surface area contributed by atoms with Gasteiger partial charge in [-0.25, -0.2) is 4.98 Å². The summed E-state index contributed by atoms with van der Waals surface area (Å²) in [5.74, 6) is 1.63. The van der Waals surface area contributed by atoms with E-state index in [2.05, 4.69) is 34.8 Å². The molecule has 96 valence electrons. The van der Waals surface area contributed by atoms with Crippen LogP contribution in [0.4, 0.5) is 0 Å². The van der Waals surface area contributed by atoms with Crippen molar-refractivity contribution in [2.75, 3.05) is 0 Å². The largest absolute Gasteiger partial charge is 0.342 e. The van der Waals surface area contributed by atoms with Gasteiger partial charge in [0.2, 0.25) is 0 Å². The standard InChI is InChI=1S/C14H16BrClN2/c1-14(2)5-3-4-9(14)13-17-11-7-8(16)6-10(15)12(11)18-13/h6-7,9H,3-5H2,1-2H3,(H,17,18). The fraction of sp³-hybridized carbons (Fsp3) is 0.500. The van der Waals surface area contributed by atoms with Gasteiger partial charge in [-0.3, -0.25) is 0 Å². The second-order valence-electron chi connectivity index (χ2n) is 5.84. The van der Waals surface area contributed by atoms with E-state index in [-0.39, 0.29) is 0 Å². The molecule has 1 N–H and O–H groups in total. The molecule has 0 radical (unpaired) electrons. The van der Waals surface area contributed by atoms with E-state index in [0.717, 1.165) is 26.4 Å². The lowest BCUT2D eigenvalue weighted by molar-refractivity contribution is 0.324. The van der Waals surface area contributed by atoms with E-state index < -0.39 is 0 Å². The van der Waals surface area contributed by atoms with Crippen molar-refractivity contribution in [1.82, 2.24) is 9.97 Å². The molecule has 1 aromatic carbocycles. The van der Waals surface area contributed by atoms with E-state index in [1.54, 1.807) is 0 Å². The highest BCUT2D eigenvalue weighted by atomic mass is 79.9. The molecular formula is C14H16BrClN2. The van der Waals surface area contributed by atoms with Gasteiger partial charge in [-0.2, -0.15) is 0 Å². The Balaban J connectivity index is 2.11. The number of halogens is 2. The Morgan fingerprint density at radius 2 is 2.22 bits per heavy atom. The van der Waals surface area contributed by atoms with Crippen LogP contribution in [0.5, 0.6) is 0 Å². The number of hydrogen-bond donors (Lipinski definition) is 1. The summed E-state index contributed by atoms with van der Waals surface area (Å²) in [6.07, 6.45) is 3.78. The lowest BCUT2D eigenvalue weighted by Crippen LogP contribution is -2.16. The third-order valence-corrected chi connectivity index (χ3v) is 4.93. The van der Waals surface area contributed by atoms with Gasteiger partial charge in [0, 0.05) is 15.4 Å². The van der Waals surface area contributed by atoms with Crippen molar-refractivity contribution in [3.63, 3.8) is 0 Å². The summed E-state index contributed by atoms with van der Waals surface area (Å²) in [7, 11) is 0. The van der Waals surface area contributed by atoms with Crippen LogP contribution in [0, 0.1) is 5.41 Å². The van der Waals surface area contributed by atoms with Crippen LogP contribution in [-0.4, -0.2) is 9.97 Å². The minimum atomic E-state index is 0.337. The van der Waals surface area contributed by atoms with Gasteiger partial charge >= 0.3 is 0 Å². The predicted octanol–water partition coefficient (Wildman–Crippen LogP) is 5.27. The Bertz CT molecular complexity index is 603. The van der Waals surface area contributed by atoms with Gasteiger partial charge in [-0.1, -0.05) is 31.9 Å². The highest BCUT2D eigenvalue weighted by molar-refractivity contribution is 9.10. The van der Waals surface area contributed by atoms with E-state index in [1.165, 1.54) is 19.3 Å². The summed E-state index contributed by atoms with van der Waals surface area (Å²) >= 11 is 9.60. The van der Waals surface area contributed by atoms with Crippen molar-refractivity contribution in [2.24, 2.45) is 5.41 Å². The number of benzene rings is 1. The second kappa shape index (κ2) is 4.24. The molecular weight excluding hydrogens is 312 g/mol. The minimum absolute atomic E-state index is 0.337.